The second kappa shape index (κ2) is 4.59. The molecule has 0 amide bonds. The van der Waals surface area contributed by atoms with Crippen molar-refractivity contribution in [3.8, 4) is 0 Å². The van der Waals surface area contributed by atoms with Gasteiger partial charge in [0.25, 0.3) is 0 Å². The first-order chi connectivity index (χ1) is 7.13. The van der Waals surface area contributed by atoms with Crippen LogP contribution in [-0.4, -0.2) is 31.4 Å². The minimum absolute atomic E-state index is 0.0323. The van der Waals surface area contributed by atoms with Crippen LogP contribution in [0.5, 0.6) is 0 Å². The van der Waals surface area contributed by atoms with Crippen LogP contribution in [0, 0.1) is 0 Å². The van der Waals surface area contributed by atoms with Crippen LogP contribution in [0.4, 0.5) is 0 Å². The Morgan fingerprint density at radius 3 is 2.38 bits per heavy atom. The first-order valence-electron chi connectivity index (χ1n) is 6.02. The van der Waals surface area contributed by atoms with Crippen LogP contribution in [0.1, 0.15) is 40.0 Å². The van der Waals surface area contributed by atoms with E-state index < -0.39 is 14.4 Å². The molecule has 1 saturated carbocycles. The van der Waals surface area contributed by atoms with Crippen molar-refractivity contribution in [3.63, 3.8) is 0 Å². The van der Waals surface area contributed by atoms with E-state index in [1.807, 2.05) is 0 Å². The lowest BCUT2D eigenvalue weighted by molar-refractivity contribution is -0.132. The average Bonchev–Trinajstić information content (AvgIpc) is 2.09. The van der Waals surface area contributed by atoms with Gasteiger partial charge in [0.2, 0.25) is 0 Å². The molecule has 0 aromatic heterocycles. The van der Waals surface area contributed by atoms with Crippen molar-refractivity contribution < 1.29 is 14.3 Å². The Morgan fingerprint density at radius 2 is 1.94 bits per heavy atom. The Balaban J connectivity index is 2.59. The Bertz CT molecular complexity index is 268. The van der Waals surface area contributed by atoms with Crippen LogP contribution in [-0.2, 0) is 9.22 Å². The maximum absolute atomic E-state index is 11.2. The second-order valence-electron chi connectivity index (χ2n) is 6.26. The van der Waals surface area contributed by atoms with E-state index in [-0.39, 0.29) is 16.9 Å². The third kappa shape index (κ3) is 3.15. The summed E-state index contributed by atoms with van der Waals surface area (Å²) in [6.07, 6.45) is 0.964. The predicted octanol–water partition coefficient (Wildman–Crippen LogP) is 2.49. The van der Waals surface area contributed by atoms with E-state index in [4.69, 9.17) is 4.43 Å². The number of hydrogen-bond acceptors (Lipinski definition) is 3. The van der Waals surface area contributed by atoms with Gasteiger partial charge in [0.1, 0.15) is 6.10 Å². The van der Waals surface area contributed by atoms with Crippen LogP contribution in [0.15, 0.2) is 0 Å². The molecular formula is C12H24O3Si. The number of rotatable bonds is 2. The van der Waals surface area contributed by atoms with Gasteiger partial charge in [0, 0.05) is 18.9 Å². The zero-order valence-corrected chi connectivity index (χ0v) is 12.0. The van der Waals surface area contributed by atoms with Crippen LogP contribution >= 0.6 is 0 Å². The first kappa shape index (κ1) is 13.9. The third-order valence-corrected chi connectivity index (χ3v) is 8.37. The fourth-order valence-electron chi connectivity index (χ4n) is 1.67. The van der Waals surface area contributed by atoms with Crippen molar-refractivity contribution in [1.82, 2.24) is 0 Å². The van der Waals surface area contributed by atoms with Gasteiger partial charge in [-0.05, 0) is 24.6 Å². The maximum atomic E-state index is 11.2. The van der Waals surface area contributed by atoms with Gasteiger partial charge < -0.3 is 9.53 Å². The molecule has 0 aliphatic heterocycles. The summed E-state index contributed by atoms with van der Waals surface area (Å²) in [5.74, 6) is -0.0323. The standard InChI is InChI=1S/C12H24O3Si/c1-12(2,3)16(4,5)15-9-6-7-10(13)11(14)8-9/h9,11,14H,6-8H2,1-5H3/t9-,11-/m0/s1. The van der Waals surface area contributed by atoms with Crippen molar-refractivity contribution in [2.75, 3.05) is 0 Å². The van der Waals surface area contributed by atoms with Gasteiger partial charge in [-0.3, -0.25) is 4.79 Å². The Kier molecular flexibility index (Phi) is 3.98. The molecule has 94 valence electrons. The van der Waals surface area contributed by atoms with E-state index in [0.29, 0.717) is 12.8 Å². The highest BCUT2D eigenvalue weighted by Crippen LogP contribution is 2.38. The summed E-state index contributed by atoms with van der Waals surface area (Å²) in [5.41, 5.74) is 0. The Labute approximate surface area is 99.3 Å². The van der Waals surface area contributed by atoms with Crippen molar-refractivity contribution in [2.24, 2.45) is 0 Å². The van der Waals surface area contributed by atoms with Crippen molar-refractivity contribution >= 4 is 14.1 Å². The van der Waals surface area contributed by atoms with Gasteiger partial charge in [0.15, 0.2) is 14.1 Å². The van der Waals surface area contributed by atoms with Gasteiger partial charge in [-0.15, -0.1) is 0 Å². The fraction of sp³-hybridized carbons (Fsp3) is 0.917. The van der Waals surface area contributed by atoms with E-state index in [1.54, 1.807) is 0 Å². The molecule has 1 rings (SSSR count). The number of aliphatic hydroxyl groups is 1. The molecule has 16 heavy (non-hydrogen) atoms. The highest BCUT2D eigenvalue weighted by molar-refractivity contribution is 6.74. The van der Waals surface area contributed by atoms with Gasteiger partial charge in [-0.1, -0.05) is 20.8 Å². The van der Waals surface area contributed by atoms with E-state index in [2.05, 4.69) is 33.9 Å². The highest BCUT2D eigenvalue weighted by atomic mass is 28.4. The van der Waals surface area contributed by atoms with Crippen LogP contribution < -0.4 is 0 Å². The predicted molar refractivity (Wildman–Crippen MR) is 66.9 cm³/mol. The fourth-order valence-corrected chi connectivity index (χ4v) is 3.07. The van der Waals surface area contributed by atoms with Gasteiger partial charge in [-0.25, -0.2) is 0 Å². The Morgan fingerprint density at radius 1 is 1.38 bits per heavy atom. The molecule has 0 heterocycles. The SMILES string of the molecule is CC(C)(C)[Si](C)(C)O[C@H]1CCC(=O)[C@@H](O)C1. The van der Waals surface area contributed by atoms with Gasteiger partial charge in [-0.2, -0.15) is 0 Å². The zero-order valence-electron chi connectivity index (χ0n) is 11.0. The molecule has 1 fully saturated rings. The monoisotopic (exact) mass is 244 g/mol. The van der Waals surface area contributed by atoms with Gasteiger partial charge >= 0.3 is 0 Å². The zero-order chi connectivity index (χ0) is 12.6. The molecule has 0 unspecified atom stereocenters. The molecule has 4 heteroatoms. The normalized spacial score (nSPS) is 28.2. The second-order valence-corrected chi connectivity index (χ2v) is 11.0. The summed E-state index contributed by atoms with van der Waals surface area (Å²) in [4.78, 5) is 11.2. The summed E-state index contributed by atoms with van der Waals surface area (Å²) in [7, 11) is -1.77. The maximum Gasteiger partial charge on any atom is 0.192 e. The number of carbonyl (C=O) groups is 1. The molecule has 0 spiro atoms. The van der Waals surface area contributed by atoms with E-state index in [0.717, 1.165) is 6.42 Å². The number of carbonyl (C=O) groups excluding carboxylic acids is 1. The molecule has 0 radical (unpaired) electrons. The number of aliphatic hydroxyl groups excluding tert-OH is 1. The minimum atomic E-state index is -1.77. The first-order valence-corrected chi connectivity index (χ1v) is 8.93. The summed E-state index contributed by atoms with van der Waals surface area (Å²) in [5, 5.41) is 9.71. The molecule has 0 aromatic carbocycles. The average molecular weight is 244 g/mol. The molecule has 0 aromatic rings. The molecule has 3 nitrogen and oxygen atoms in total. The van der Waals surface area contributed by atoms with Crippen LogP contribution in [0.3, 0.4) is 0 Å². The third-order valence-electron chi connectivity index (χ3n) is 3.84. The van der Waals surface area contributed by atoms with Crippen LogP contribution in [0.25, 0.3) is 0 Å². The quantitative estimate of drug-likeness (QED) is 0.759. The topological polar surface area (TPSA) is 46.5 Å². The molecular weight excluding hydrogens is 220 g/mol. The van der Waals surface area contributed by atoms with E-state index in [1.165, 1.54) is 0 Å². The van der Waals surface area contributed by atoms with Crippen LogP contribution in [0.2, 0.25) is 18.1 Å². The summed E-state index contributed by atoms with van der Waals surface area (Å²) in [6.45, 7) is 11.0. The Hall–Kier alpha value is -0.193. The molecule has 0 bridgehead atoms. The molecule has 1 aliphatic rings. The minimum Gasteiger partial charge on any atom is -0.414 e. The molecule has 2 atom stereocenters. The van der Waals surface area contributed by atoms with Crippen molar-refractivity contribution in [1.29, 1.82) is 0 Å². The van der Waals surface area contributed by atoms with Crippen molar-refractivity contribution in [3.05, 3.63) is 0 Å². The lowest BCUT2D eigenvalue weighted by Crippen LogP contribution is -2.46. The summed E-state index contributed by atoms with van der Waals surface area (Å²) < 4.78 is 6.19. The number of hydrogen-bond donors (Lipinski definition) is 1. The molecule has 0 saturated heterocycles. The van der Waals surface area contributed by atoms with Gasteiger partial charge in [0.05, 0.1) is 0 Å². The molecule has 1 aliphatic carbocycles. The van der Waals surface area contributed by atoms with E-state index >= 15 is 0 Å². The lowest BCUT2D eigenvalue weighted by atomic mass is 9.94. The van der Waals surface area contributed by atoms with Crippen molar-refractivity contribution in [2.45, 2.75) is 70.4 Å². The highest BCUT2D eigenvalue weighted by Gasteiger charge is 2.40. The lowest BCUT2D eigenvalue weighted by Gasteiger charge is -2.40. The summed E-state index contributed by atoms with van der Waals surface area (Å²) in [6, 6.07) is 0. The molecule has 1 N–H and O–H groups in total. The smallest absolute Gasteiger partial charge is 0.192 e. The number of Topliss-reactive ketones (excluding diaryl/α,β-unsaturated/α-hetero) is 1. The van der Waals surface area contributed by atoms with E-state index in [9.17, 15) is 9.90 Å². The number of ketones is 1. The largest absolute Gasteiger partial charge is 0.414 e. The summed E-state index contributed by atoms with van der Waals surface area (Å²) >= 11 is 0.